The summed E-state index contributed by atoms with van der Waals surface area (Å²) in [7, 11) is -3.71. The molecule has 0 aromatic carbocycles. The zero-order chi connectivity index (χ0) is 17.5. The van der Waals surface area contributed by atoms with Crippen LogP contribution in [0.3, 0.4) is 0 Å². The van der Waals surface area contributed by atoms with Crippen molar-refractivity contribution in [1.82, 2.24) is 19.5 Å². The van der Waals surface area contributed by atoms with Gasteiger partial charge in [0.2, 0.25) is 10.0 Å². The monoisotopic (exact) mass is 373 g/mol. The zero-order valence-electron chi connectivity index (χ0n) is 12.7. The highest BCUT2D eigenvalue weighted by atomic mass is 32.2. The molecule has 2 aliphatic heterocycles. The molecular weight excluding hydrogens is 358 g/mol. The van der Waals surface area contributed by atoms with E-state index in [4.69, 9.17) is 0 Å². The standard InChI is InChI=1S/C12H15N5O5S2/c1-24(21,22)17-6-5-16(12(17)20)11(19)15-10-14-7-3-2-4-13-9(18)8(7)23-10/h2-6H2,1H3,(H,13,18)(H,14,15,19). The fourth-order valence-electron chi connectivity index (χ4n) is 2.46. The quantitative estimate of drug-likeness (QED) is 0.753. The van der Waals surface area contributed by atoms with Crippen molar-refractivity contribution in [2.24, 2.45) is 0 Å². The fraction of sp³-hybridized carbons (Fsp3) is 0.500. The van der Waals surface area contributed by atoms with Gasteiger partial charge in [0, 0.05) is 6.54 Å². The van der Waals surface area contributed by atoms with Gasteiger partial charge >= 0.3 is 12.1 Å². The highest BCUT2D eigenvalue weighted by Crippen LogP contribution is 2.26. The van der Waals surface area contributed by atoms with Crippen molar-refractivity contribution in [3.63, 3.8) is 0 Å². The number of imide groups is 1. The molecule has 3 heterocycles. The lowest BCUT2D eigenvalue weighted by molar-refractivity contribution is 0.0959. The van der Waals surface area contributed by atoms with E-state index < -0.39 is 22.1 Å². The van der Waals surface area contributed by atoms with Gasteiger partial charge in [-0.25, -0.2) is 32.2 Å². The number of rotatable bonds is 2. The largest absolute Gasteiger partial charge is 0.351 e. The van der Waals surface area contributed by atoms with Crippen molar-refractivity contribution < 1.29 is 22.8 Å². The van der Waals surface area contributed by atoms with Gasteiger partial charge in [0.1, 0.15) is 4.88 Å². The molecule has 10 nitrogen and oxygen atoms in total. The van der Waals surface area contributed by atoms with Crippen LogP contribution in [-0.2, 0) is 16.4 Å². The Kier molecular flexibility index (Phi) is 4.17. The molecule has 0 atom stereocenters. The van der Waals surface area contributed by atoms with E-state index in [0.717, 1.165) is 28.9 Å². The molecule has 5 amide bonds. The molecule has 0 aliphatic carbocycles. The Bertz CT molecular complexity index is 818. The van der Waals surface area contributed by atoms with Crippen LogP contribution in [0.5, 0.6) is 0 Å². The van der Waals surface area contributed by atoms with Gasteiger partial charge in [-0.3, -0.25) is 10.1 Å². The maximum Gasteiger partial charge on any atom is 0.341 e. The van der Waals surface area contributed by atoms with Crippen LogP contribution in [0.1, 0.15) is 21.8 Å². The molecule has 2 aliphatic rings. The Balaban J connectivity index is 1.73. The topological polar surface area (TPSA) is 129 Å². The van der Waals surface area contributed by atoms with E-state index in [9.17, 15) is 22.8 Å². The molecule has 24 heavy (non-hydrogen) atoms. The first-order valence-corrected chi connectivity index (χ1v) is 9.82. The van der Waals surface area contributed by atoms with Crippen LogP contribution in [0.25, 0.3) is 0 Å². The van der Waals surface area contributed by atoms with Gasteiger partial charge in [-0.05, 0) is 12.8 Å². The highest BCUT2D eigenvalue weighted by Gasteiger charge is 2.38. The summed E-state index contributed by atoms with van der Waals surface area (Å²) in [6, 6.07) is -1.67. The molecule has 1 aromatic rings. The number of nitrogens with zero attached hydrogens (tertiary/aromatic N) is 3. The Morgan fingerprint density at radius 1 is 1.33 bits per heavy atom. The van der Waals surface area contributed by atoms with E-state index in [-0.39, 0.29) is 24.1 Å². The third kappa shape index (κ3) is 3.06. The molecule has 1 saturated heterocycles. The lowest BCUT2D eigenvalue weighted by Crippen LogP contribution is -2.40. The summed E-state index contributed by atoms with van der Waals surface area (Å²) in [5, 5.41) is 5.39. The summed E-state index contributed by atoms with van der Waals surface area (Å²) >= 11 is 1.03. The number of sulfonamides is 1. The van der Waals surface area contributed by atoms with Crippen LogP contribution < -0.4 is 10.6 Å². The number of hydrogen-bond acceptors (Lipinski definition) is 7. The van der Waals surface area contributed by atoms with Crippen molar-refractivity contribution >= 4 is 44.5 Å². The number of urea groups is 2. The molecule has 2 N–H and O–H groups in total. The van der Waals surface area contributed by atoms with Crippen molar-refractivity contribution in [3.8, 4) is 0 Å². The Labute approximate surface area is 141 Å². The minimum Gasteiger partial charge on any atom is -0.351 e. The first kappa shape index (κ1) is 16.6. The summed E-state index contributed by atoms with van der Waals surface area (Å²) in [4.78, 5) is 41.5. The van der Waals surface area contributed by atoms with Gasteiger partial charge in [-0.1, -0.05) is 11.3 Å². The predicted octanol–water partition coefficient (Wildman–Crippen LogP) is 0.0482. The van der Waals surface area contributed by atoms with Crippen LogP contribution in [-0.4, -0.2) is 66.5 Å². The summed E-state index contributed by atoms with van der Waals surface area (Å²) < 4.78 is 23.6. The SMILES string of the molecule is CS(=O)(=O)N1CCN(C(=O)Nc2nc3c(s2)C(=O)NCCC3)C1=O. The molecule has 0 saturated carbocycles. The fourth-order valence-corrected chi connectivity index (χ4v) is 4.18. The van der Waals surface area contributed by atoms with E-state index in [0.29, 0.717) is 27.8 Å². The molecule has 0 spiro atoms. The number of anilines is 1. The van der Waals surface area contributed by atoms with Crippen molar-refractivity contribution in [2.75, 3.05) is 31.2 Å². The molecule has 12 heteroatoms. The van der Waals surface area contributed by atoms with Crippen LogP contribution >= 0.6 is 11.3 Å². The van der Waals surface area contributed by atoms with Crippen LogP contribution in [0.15, 0.2) is 0 Å². The number of fused-ring (bicyclic) bond motifs is 1. The van der Waals surface area contributed by atoms with Crippen molar-refractivity contribution in [3.05, 3.63) is 10.6 Å². The zero-order valence-corrected chi connectivity index (χ0v) is 14.4. The van der Waals surface area contributed by atoms with Gasteiger partial charge in [-0.15, -0.1) is 0 Å². The Hall–Kier alpha value is -2.21. The van der Waals surface area contributed by atoms with E-state index in [1.807, 2.05) is 0 Å². The number of aryl methyl sites for hydroxylation is 1. The van der Waals surface area contributed by atoms with E-state index in [2.05, 4.69) is 15.6 Å². The highest BCUT2D eigenvalue weighted by molar-refractivity contribution is 7.88. The van der Waals surface area contributed by atoms with Gasteiger partial charge in [0.05, 0.1) is 25.0 Å². The molecule has 1 fully saturated rings. The third-order valence-electron chi connectivity index (χ3n) is 3.61. The molecular formula is C12H15N5O5S2. The van der Waals surface area contributed by atoms with E-state index >= 15 is 0 Å². The lowest BCUT2D eigenvalue weighted by atomic mass is 10.2. The lowest BCUT2D eigenvalue weighted by Gasteiger charge is -2.15. The second-order valence-corrected chi connectivity index (χ2v) is 8.26. The molecule has 3 rings (SSSR count). The van der Waals surface area contributed by atoms with Gasteiger partial charge in [0.15, 0.2) is 5.13 Å². The van der Waals surface area contributed by atoms with Gasteiger partial charge < -0.3 is 5.32 Å². The summed E-state index contributed by atoms with van der Waals surface area (Å²) in [6.45, 7) is 0.457. The summed E-state index contributed by atoms with van der Waals surface area (Å²) in [6.07, 6.45) is 2.28. The minimum atomic E-state index is -3.71. The maximum atomic E-state index is 12.2. The van der Waals surface area contributed by atoms with Gasteiger partial charge in [-0.2, -0.15) is 0 Å². The predicted molar refractivity (Wildman–Crippen MR) is 85.4 cm³/mol. The molecule has 0 unspecified atom stereocenters. The second-order valence-electron chi connectivity index (χ2n) is 5.35. The van der Waals surface area contributed by atoms with Crippen molar-refractivity contribution in [2.45, 2.75) is 12.8 Å². The first-order chi connectivity index (χ1) is 11.3. The average Bonchev–Trinajstić information content (AvgIpc) is 3.02. The molecule has 0 bridgehead atoms. The third-order valence-corrected chi connectivity index (χ3v) is 5.76. The second kappa shape index (κ2) is 6.02. The van der Waals surface area contributed by atoms with Crippen LogP contribution in [0, 0.1) is 0 Å². The number of carbonyl (C=O) groups excluding carboxylic acids is 3. The van der Waals surface area contributed by atoms with Gasteiger partial charge in [0.25, 0.3) is 5.91 Å². The normalized spacial score (nSPS) is 18.2. The Morgan fingerprint density at radius 2 is 2.08 bits per heavy atom. The number of carbonyl (C=O) groups is 3. The number of aromatic nitrogens is 1. The molecule has 130 valence electrons. The Morgan fingerprint density at radius 3 is 2.75 bits per heavy atom. The smallest absolute Gasteiger partial charge is 0.341 e. The molecule has 0 radical (unpaired) electrons. The number of thiazole rings is 1. The number of nitrogens with one attached hydrogen (secondary N) is 2. The van der Waals surface area contributed by atoms with Crippen LogP contribution in [0.4, 0.5) is 14.7 Å². The first-order valence-electron chi connectivity index (χ1n) is 7.15. The average molecular weight is 373 g/mol. The van der Waals surface area contributed by atoms with E-state index in [1.54, 1.807) is 0 Å². The van der Waals surface area contributed by atoms with Crippen LogP contribution in [0.2, 0.25) is 0 Å². The minimum absolute atomic E-state index is 0.0384. The van der Waals surface area contributed by atoms with Crippen molar-refractivity contribution in [1.29, 1.82) is 0 Å². The molecule has 1 aromatic heterocycles. The number of amides is 5. The van der Waals surface area contributed by atoms with E-state index in [1.165, 1.54) is 0 Å². The summed E-state index contributed by atoms with van der Waals surface area (Å²) in [5.74, 6) is -0.235. The number of hydrogen-bond donors (Lipinski definition) is 2. The summed E-state index contributed by atoms with van der Waals surface area (Å²) in [5.41, 5.74) is 0.607. The maximum absolute atomic E-state index is 12.2.